The normalized spacial score (nSPS) is 9.44. The Morgan fingerprint density at radius 2 is 2.25 bits per heavy atom. The highest BCUT2D eigenvalue weighted by atomic mass is 35.5. The van der Waals surface area contributed by atoms with E-state index in [1.54, 1.807) is 13.1 Å². The summed E-state index contributed by atoms with van der Waals surface area (Å²) in [7, 11) is 0. The van der Waals surface area contributed by atoms with Gasteiger partial charge in [-0.1, -0.05) is 0 Å². The smallest absolute Gasteiger partial charge is 0.302 e. The van der Waals surface area contributed by atoms with E-state index >= 15 is 0 Å². The minimum Gasteiger partial charge on any atom is -0.506 e. The van der Waals surface area contributed by atoms with E-state index in [1.165, 1.54) is 6.92 Å². The molecule has 0 spiro atoms. The number of esters is 1. The van der Waals surface area contributed by atoms with Crippen LogP contribution < -0.4 is 5.73 Å². The van der Waals surface area contributed by atoms with E-state index in [-0.39, 0.29) is 37.3 Å². The number of aromatic hydroxyl groups is 1. The molecule has 0 bridgehead atoms. The van der Waals surface area contributed by atoms with Gasteiger partial charge in [-0.2, -0.15) is 0 Å². The van der Waals surface area contributed by atoms with Crippen molar-refractivity contribution in [3.63, 3.8) is 0 Å². The number of carbonyl (C=O) groups is 1. The number of hydrogen-bond acceptors (Lipinski definition) is 5. The fraction of sp³-hybridized carbons (Fsp3) is 0.400. The van der Waals surface area contributed by atoms with Crippen molar-refractivity contribution < 1.29 is 14.6 Å². The molecule has 0 unspecified atom stereocenters. The Hall–Kier alpha value is -1.33. The summed E-state index contributed by atoms with van der Waals surface area (Å²) in [6, 6.07) is 0. The standard InChI is InChI=1S/C10H14N2O3.ClH/c1-6-10(14)9(3-11)8(4-12-6)5-15-7(2)13;/h4,14H,3,5,11H2,1-2H3;1H. The van der Waals surface area contributed by atoms with Gasteiger partial charge in [0.2, 0.25) is 0 Å². The molecule has 0 radical (unpaired) electrons. The predicted octanol–water partition coefficient (Wildman–Crippen LogP) is 1.04. The fourth-order valence-electron chi connectivity index (χ4n) is 1.22. The van der Waals surface area contributed by atoms with Crippen molar-refractivity contribution >= 4 is 18.4 Å². The van der Waals surface area contributed by atoms with Crippen LogP contribution in [0, 0.1) is 6.92 Å². The van der Waals surface area contributed by atoms with Gasteiger partial charge < -0.3 is 15.6 Å². The second-order valence-corrected chi connectivity index (χ2v) is 3.18. The third-order valence-electron chi connectivity index (χ3n) is 2.07. The summed E-state index contributed by atoms with van der Waals surface area (Å²) in [4.78, 5) is 14.6. The van der Waals surface area contributed by atoms with Gasteiger partial charge in [0.1, 0.15) is 12.4 Å². The maximum absolute atomic E-state index is 10.6. The molecular weight excluding hydrogens is 232 g/mol. The molecule has 0 amide bonds. The minimum atomic E-state index is -0.377. The van der Waals surface area contributed by atoms with Crippen LogP contribution in [0.1, 0.15) is 23.7 Å². The lowest BCUT2D eigenvalue weighted by atomic mass is 10.1. The van der Waals surface area contributed by atoms with Crippen LogP contribution in [-0.2, 0) is 22.7 Å². The molecule has 0 aliphatic rings. The fourth-order valence-corrected chi connectivity index (χ4v) is 1.22. The van der Waals surface area contributed by atoms with E-state index in [0.29, 0.717) is 16.8 Å². The van der Waals surface area contributed by atoms with Crippen LogP contribution in [0.5, 0.6) is 5.75 Å². The van der Waals surface area contributed by atoms with Gasteiger partial charge in [-0.3, -0.25) is 9.78 Å². The van der Waals surface area contributed by atoms with Gasteiger partial charge in [-0.05, 0) is 6.92 Å². The average Bonchev–Trinajstić information content (AvgIpc) is 2.19. The van der Waals surface area contributed by atoms with Crippen LogP contribution in [-0.4, -0.2) is 16.1 Å². The summed E-state index contributed by atoms with van der Waals surface area (Å²) in [5.41, 5.74) is 7.22. The average molecular weight is 247 g/mol. The lowest BCUT2D eigenvalue weighted by Crippen LogP contribution is -2.07. The quantitative estimate of drug-likeness (QED) is 0.779. The largest absolute Gasteiger partial charge is 0.506 e. The third-order valence-corrected chi connectivity index (χ3v) is 2.07. The zero-order valence-corrected chi connectivity index (χ0v) is 10.0. The summed E-state index contributed by atoms with van der Waals surface area (Å²) >= 11 is 0. The van der Waals surface area contributed by atoms with Crippen molar-refractivity contribution in [2.45, 2.75) is 27.0 Å². The highest BCUT2D eigenvalue weighted by Crippen LogP contribution is 2.23. The first kappa shape index (κ1) is 14.7. The van der Waals surface area contributed by atoms with Gasteiger partial charge >= 0.3 is 5.97 Å². The lowest BCUT2D eigenvalue weighted by molar-refractivity contribution is -0.142. The number of aromatic nitrogens is 1. The molecule has 0 aromatic carbocycles. The molecule has 3 N–H and O–H groups in total. The molecule has 0 saturated heterocycles. The maximum Gasteiger partial charge on any atom is 0.302 e. The van der Waals surface area contributed by atoms with Crippen molar-refractivity contribution in [2.75, 3.05) is 0 Å². The molecule has 1 heterocycles. The number of pyridine rings is 1. The molecule has 1 rings (SSSR count). The zero-order valence-electron chi connectivity index (χ0n) is 9.19. The second kappa shape index (κ2) is 6.30. The number of hydrogen-bond donors (Lipinski definition) is 2. The Bertz CT molecular complexity index is 383. The van der Waals surface area contributed by atoms with Crippen LogP contribution in [0.3, 0.4) is 0 Å². The van der Waals surface area contributed by atoms with Gasteiger partial charge in [-0.15, -0.1) is 12.4 Å². The molecule has 90 valence electrons. The first-order chi connectivity index (χ1) is 7.06. The summed E-state index contributed by atoms with van der Waals surface area (Å²) in [6.45, 7) is 3.28. The third kappa shape index (κ3) is 3.36. The molecule has 1 aromatic heterocycles. The summed E-state index contributed by atoms with van der Waals surface area (Å²) < 4.78 is 4.82. The van der Waals surface area contributed by atoms with E-state index < -0.39 is 0 Å². The van der Waals surface area contributed by atoms with Gasteiger partial charge in [0.15, 0.2) is 0 Å². The summed E-state index contributed by atoms with van der Waals surface area (Å²) in [5, 5.41) is 9.66. The minimum absolute atomic E-state index is 0. The van der Waals surface area contributed by atoms with E-state index in [1.807, 2.05) is 0 Å². The molecule has 16 heavy (non-hydrogen) atoms. The van der Waals surface area contributed by atoms with Crippen LogP contribution in [0.4, 0.5) is 0 Å². The van der Waals surface area contributed by atoms with Crippen molar-refractivity contribution in [2.24, 2.45) is 5.73 Å². The first-order valence-corrected chi connectivity index (χ1v) is 4.56. The number of nitrogens with two attached hydrogens (primary N) is 1. The first-order valence-electron chi connectivity index (χ1n) is 4.56. The predicted molar refractivity (Wildman–Crippen MR) is 61.2 cm³/mol. The molecular formula is C10H15ClN2O3. The summed E-state index contributed by atoms with van der Waals surface area (Å²) in [6.07, 6.45) is 1.56. The van der Waals surface area contributed by atoms with Gasteiger partial charge in [-0.25, -0.2) is 0 Å². The Morgan fingerprint density at radius 1 is 1.62 bits per heavy atom. The Morgan fingerprint density at radius 3 is 2.75 bits per heavy atom. The highest BCUT2D eigenvalue weighted by molar-refractivity contribution is 5.85. The molecule has 0 aliphatic heterocycles. The van der Waals surface area contributed by atoms with Gasteiger partial charge in [0.05, 0.1) is 5.69 Å². The van der Waals surface area contributed by atoms with Gasteiger partial charge in [0.25, 0.3) is 0 Å². The number of ether oxygens (including phenoxy) is 1. The molecule has 1 aromatic rings. The SMILES string of the molecule is CC(=O)OCc1cnc(C)c(O)c1CN.Cl. The lowest BCUT2D eigenvalue weighted by Gasteiger charge is -2.10. The van der Waals surface area contributed by atoms with Crippen molar-refractivity contribution in [3.05, 3.63) is 23.0 Å². The van der Waals surface area contributed by atoms with Crippen molar-refractivity contribution in [1.29, 1.82) is 0 Å². The van der Waals surface area contributed by atoms with Crippen molar-refractivity contribution in [3.8, 4) is 5.75 Å². The Labute approximate surface area is 100 Å². The monoisotopic (exact) mass is 246 g/mol. The molecule has 0 fully saturated rings. The zero-order chi connectivity index (χ0) is 11.4. The van der Waals surface area contributed by atoms with Crippen LogP contribution in [0.25, 0.3) is 0 Å². The van der Waals surface area contributed by atoms with Crippen LogP contribution >= 0.6 is 12.4 Å². The van der Waals surface area contributed by atoms with E-state index in [0.717, 1.165) is 0 Å². The Balaban J connectivity index is 0.00000225. The number of halogens is 1. The topological polar surface area (TPSA) is 85.4 Å². The summed E-state index contributed by atoms with van der Waals surface area (Å²) in [5.74, 6) is -0.305. The van der Waals surface area contributed by atoms with E-state index in [9.17, 15) is 9.90 Å². The number of carbonyl (C=O) groups excluding carboxylic acids is 1. The molecule has 0 saturated carbocycles. The molecule has 6 heteroatoms. The van der Waals surface area contributed by atoms with E-state index in [4.69, 9.17) is 10.5 Å². The Kier molecular flexibility index (Phi) is 5.77. The second-order valence-electron chi connectivity index (χ2n) is 3.18. The van der Waals surface area contributed by atoms with E-state index in [2.05, 4.69) is 4.98 Å². The van der Waals surface area contributed by atoms with Crippen LogP contribution in [0.15, 0.2) is 6.20 Å². The highest BCUT2D eigenvalue weighted by Gasteiger charge is 2.10. The number of aryl methyl sites for hydroxylation is 1. The maximum atomic E-state index is 10.6. The molecule has 0 atom stereocenters. The number of rotatable bonds is 3. The number of nitrogens with zero attached hydrogens (tertiary/aromatic N) is 1. The van der Waals surface area contributed by atoms with Gasteiger partial charge in [0, 0.05) is 30.8 Å². The van der Waals surface area contributed by atoms with Crippen molar-refractivity contribution in [1.82, 2.24) is 4.98 Å². The molecule has 5 nitrogen and oxygen atoms in total. The van der Waals surface area contributed by atoms with Crippen LogP contribution in [0.2, 0.25) is 0 Å². The molecule has 0 aliphatic carbocycles.